The minimum atomic E-state index is 0.738. The molecule has 2 heterocycles. The van der Waals surface area contributed by atoms with Gasteiger partial charge < -0.3 is 14.9 Å². The Balaban J connectivity index is 1.61. The molecule has 2 aromatic heterocycles. The summed E-state index contributed by atoms with van der Waals surface area (Å²) in [5.74, 6) is 0. The summed E-state index contributed by atoms with van der Waals surface area (Å²) in [6.07, 6.45) is 5.56. The summed E-state index contributed by atoms with van der Waals surface area (Å²) in [4.78, 5) is 7.35. The van der Waals surface area contributed by atoms with E-state index >= 15 is 0 Å². The van der Waals surface area contributed by atoms with Gasteiger partial charge in [0.15, 0.2) is 0 Å². The standard InChI is InChI=1S/C14H15ClN4/c15-14-11-3-1-2-4-12(11)18-13(14)9-16-5-7-19-8-6-17-10-19/h1-4,6,8,10,16,18H,5,7,9H2. The highest BCUT2D eigenvalue weighted by molar-refractivity contribution is 6.36. The second-order valence-electron chi connectivity index (χ2n) is 4.44. The molecule has 0 amide bonds. The summed E-state index contributed by atoms with van der Waals surface area (Å²) in [6, 6.07) is 8.07. The van der Waals surface area contributed by atoms with Gasteiger partial charge in [0.05, 0.1) is 11.3 Å². The Morgan fingerprint density at radius 2 is 2.21 bits per heavy atom. The Morgan fingerprint density at radius 1 is 1.32 bits per heavy atom. The second-order valence-corrected chi connectivity index (χ2v) is 4.82. The van der Waals surface area contributed by atoms with Gasteiger partial charge in [-0.25, -0.2) is 4.98 Å². The van der Waals surface area contributed by atoms with E-state index in [1.54, 1.807) is 6.20 Å². The van der Waals surface area contributed by atoms with Gasteiger partial charge in [0, 0.05) is 48.6 Å². The Hall–Kier alpha value is -1.78. The lowest BCUT2D eigenvalue weighted by Crippen LogP contribution is -2.19. The third kappa shape index (κ3) is 2.64. The van der Waals surface area contributed by atoms with Crippen LogP contribution in [-0.4, -0.2) is 21.1 Å². The molecule has 0 spiro atoms. The SMILES string of the molecule is Clc1c(CNCCn2ccnc2)[nH]c2ccccc12. The number of halogens is 1. The molecule has 0 saturated heterocycles. The predicted molar refractivity (Wildman–Crippen MR) is 77.2 cm³/mol. The van der Waals surface area contributed by atoms with Gasteiger partial charge in [0.1, 0.15) is 0 Å². The van der Waals surface area contributed by atoms with Crippen LogP contribution in [0.2, 0.25) is 5.02 Å². The van der Waals surface area contributed by atoms with Crippen molar-refractivity contribution in [2.24, 2.45) is 0 Å². The van der Waals surface area contributed by atoms with Gasteiger partial charge in [-0.05, 0) is 6.07 Å². The molecule has 0 aliphatic carbocycles. The molecule has 0 aliphatic rings. The topological polar surface area (TPSA) is 45.6 Å². The zero-order valence-electron chi connectivity index (χ0n) is 10.4. The van der Waals surface area contributed by atoms with E-state index in [-0.39, 0.29) is 0 Å². The van der Waals surface area contributed by atoms with Crippen molar-refractivity contribution in [2.75, 3.05) is 6.54 Å². The summed E-state index contributed by atoms with van der Waals surface area (Å²) in [6.45, 7) is 2.52. The first-order chi connectivity index (χ1) is 9.34. The number of para-hydroxylation sites is 1. The van der Waals surface area contributed by atoms with Crippen molar-refractivity contribution in [1.82, 2.24) is 19.9 Å². The number of nitrogens with zero attached hydrogens (tertiary/aromatic N) is 2. The van der Waals surface area contributed by atoms with Crippen molar-refractivity contribution < 1.29 is 0 Å². The van der Waals surface area contributed by atoms with Gasteiger partial charge in [-0.1, -0.05) is 29.8 Å². The van der Waals surface area contributed by atoms with Crippen LogP contribution in [0.15, 0.2) is 43.0 Å². The number of aromatic nitrogens is 3. The minimum Gasteiger partial charge on any atom is -0.356 e. The molecule has 3 aromatic rings. The molecule has 0 fully saturated rings. The Morgan fingerprint density at radius 3 is 3.00 bits per heavy atom. The summed E-state index contributed by atoms with van der Waals surface area (Å²) < 4.78 is 2.04. The van der Waals surface area contributed by atoms with E-state index in [9.17, 15) is 0 Å². The Labute approximate surface area is 116 Å². The van der Waals surface area contributed by atoms with Gasteiger partial charge in [0.25, 0.3) is 0 Å². The Kier molecular flexibility index (Phi) is 3.53. The lowest BCUT2D eigenvalue weighted by atomic mass is 10.2. The van der Waals surface area contributed by atoms with E-state index in [1.165, 1.54) is 0 Å². The van der Waals surface area contributed by atoms with Crippen LogP contribution in [-0.2, 0) is 13.1 Å². The maximum absolute atomic E-state index is 6.35. The quantitative estimate of drug-likeness (QED) is 0.703. The first-order valence-corrected chi connectivity index (χ1v) is 6.64. The molecule has 0 atom stereocenters. The average Bonchev–Trinajstić information content (AvgIpc) is 3.04. The van der Waals surface area contributed by atoms with E-state index in [4.69, 9.17) is 11.6 Å². The molecule has 2 N–H and O–H groups in total. The number of H-pyrrole nitrogens is 1. The fourth-order valence-corrected chi connectivity index (χ4v) is 2.40. The lowest BCUT2D eigenvalue weighted by Gasteiger charge is -2.04. The molecule has 0 radical (unpaired) electrons. The number of nitrogens with one attached hydrogen (secondary N) is 2. The molecule has 4 nitrogen and oxygen atoms in total. The van der Waals surface area contributed by atoms with Crippen LogP contribution >= 0.6 is 11.6 Å². The van der Waals surface area contributed by atoms with Crippen molar-refractivity contribution in [2.45, 2.75) is 13.1 Å². The summed E-state index contributed by atoms with van der Waals surface area (Å²) in [5, 5.41) is 5.27. The fourth-order valence-electron chi connectivity index (χ4n) is 2.13. The Bertz CT molecular complexity index is 657. The molecule has 0 unspecified atom stereocenters. The highest BCUT2D eigenvalue weighted by Gasteiger charge is 2.07. The van der Waals surface area contributed by atoms with Crippen molar-refractivity contribution in [3.63, 3.8) is 0 Å². The van der Waals surface area contributed by atoms with Crippen molar-refractivity contribution in [3.8, 4) is 0 Å². The summed E-state index contributed by atoms with van der Waals surface area (Å²) in [5.41, 5.74) is 2.12. The molecule has 0 bridgehead atoms. The van der Waals surface area contributed by atoms with Gasteiger partial charge in [-0.15, -0.1) is 0 Å². The van der Waals surface area contributed by atoms with E-state index in [2.05, 4.69) is 15.3 Å². The smallest absolute Gasteiger partial charge is 0.0946 e. The third-order valence-electron chi connectivity index (χ3n) is 3.12. The molecule has 1 aromatic carbocycles. The molecule has 19 heavy (non-hydrogen) atoms. The van der Waals surface area contributed by atoms with Crippen LogP contribution in [0.1, 0.15) is 5.69 Å². The van der Waals surface area contributed by atoms with E-state index < -0.39 is 0 Å². The normalized spacial score (nSPS) is 11.2. The van der Waals surface area contributed by atoms with Crippen molar-refractivity contribution in [3.05, 3.63) is 53.7 Å². The van der Waals surface area contributed by atoms with Gasteiger partial charge in [-0.3, -0.25) is 0 Å². The number of hydrogen-bond donors (Lipinski definition) is 2. The number of hydrogen-bond acceptors (Lipinski definition) is 2. The van der Waals surface area contributed by atoms with E-state index in [1.807, 2.05) is 41.4 Å². The largest absolute Gasteiger partial charge is 0.356 e. The van der Waals surface area contributed by atoms with Crippen LogP contribution < -0.4 is 5.32 Å². The van der Waals surface area contributed by atoms with Crippen LogP contribution in [0.3, 0.4) is 0 Å². The maximum Gasteiger partial charge on any atom is 0.0946 e. The van der Waals surface area contributed by atoms with Crippen LogP contribution in [0.4, 0.5) is 0 Å². The molecule has 3 rings (SSSR count). The van der Waals surface area contributed by atoms with Gasteiger partial charge in [0.2, 0.25) is 0 Å². The lowest BCUT2D eigenvalue weighted by molar-refractivity contribution is 0.593. The molecule has 0 saturated carbocycles. The number of imidazole rings is 1. The van der Waals surface area contributed by atoms with E-state index in [0.29, 0.717) is 0 Å². The summed E-state index contributed by atoms with van der Waals surface area (Å²) >= 11 is 6.35. The molecule has 5 heteroatoms. The zero-order chi connectivity index (χ0) is 13.1. The average molecular weight is 275 g/mol. The first-order valence-electron chi connectivity index (χ1n) is 6.26. The monoisotopic (exact) mass is 274 g/mol. The first kappa shape index (κ1) is 12.3. The molecule has 98 valence electrons. The molecular weight excluding hydrogens is 260 g/mol. The zero-order valence-corrected chi connectivity index (χ0v) is 11.2. The summed E-state index contributed by atoms with van der Waals surface area (Å²) in [7, 11) is 0. The maximum atomic E-state index is 6.35. The van der Waals surface area contributed by atoms with Crippen LogP contribution in [0.25, 0.3) is 10.9 Å². The molecular formula is C14H15ClN4. The van der Waals surface area contributed by atoms with Gasteiger partial charge >= 0.3 is 0 Å². The van der Waals surface area contributed by atoms with Crippen LogP contribution in [0, 0.1) is 0 Å². The number of aromatic amines is 1. The number of rotatable bonds is 5. The van der Waals surface area contributed by atoms with Crippen LogP contribution in [0.5, 0.6) is 0 Å². The minimum absolute atomic E-state index is 0.738. The van der Waals surface area contributed by atoms with Gasteiger partial charge in [-0.2, -0.15) is 0 Å². The highest BCUT2D eigenvalue weighted by atomic mass is 35.5. The van der Waals surface area contributed by atoms with Crippen molar-refractivity contribution in [1.29, 1.82) is 0 Å². The number of fused-ring (bicyclic) bond motifs is 1. The highest BCUT2D eigenvalue weighted by Crippen LogP contribution is 2.26. The van der Waals surface area contributed by atoms with E-state index in [0.717, 1.165) is 41.3 Å². The second kappa shape index (κ2) is 5.47. The number of benzene rings is 1. The third-order valence-corrected chi connectivity index (χ3v) is 3.55. The fraction of sp³-hybridized carbons (Fsp3) is 0.214. The predicted octanol–water partition coefficient (Wildman–Crippen LogP) is 2.81. The van der Waals surface area contributed by atoms with Crippen molar-refractivity contribution >= 4 is 22.5 Å². The molecule has 0 aliphatic heterocycles.